The predicted octanol–water partition coefficient (Wildman–Crippen LogP) is 5.34. The first-order valence-corrected chi connectivity index (χ1v) is 11.9. The number of aromatic carboxylic acids is 2. The van der Waals surface area contributed by atoms with Crippen LogP contribution in [0, 0.1) is 24.7 Å². The number of rotatable bonds is 8. The van der Waals surface area contributed by atoms with Crippen molar-refractivity contribution in [1.29, 1.82) is 0 Å². The Labute approximate surface area is 234 Å². The molecular formula is C32H20N2O7. The Bertz CT molecular complexity index is 1660. The van der Waals surface area contributed by atoms with Gasteiger partial charge in [-0.05, 0) is 72.8 Å². The number of carbonyl (C=O) groups is 4. The molecule has 0 aliphatic rings. The van der Waals surface area contributed by atoms with Crippen molar-refractivity contribution >= 4 is 35.1 Å². The number of carbonyl (C=O) groups excluding carboxylic acids is 2. The van der Waals surface area contributed by atoms with Crippen molar-refractivity contribution in [1.82, 2.24) is 0 Å². The van der Waals surface area contributed by atoms with E-state index in [9.17, 15) is 29.4 Å². The third kappa shape index (κ3) is 6.58. The Hall–Kier alpha value is -6.32. The van der Waals surface area contributed by atoms with E-state index in [1.165, 1.54) is 36.4 Å². The van der Waals surface area contributed by atoms with Crippen LogP contribution in [0.2, 0.25) is 0 Å². The van der Waals surface area contributed by atoms with Gasteiger partial charge in [0.2, 0.25) is 0 Å². The molecule has 0 saturated heterocycles. The second-order valence-electron chi connectivity index (χ2n) is 8.49. The van der Waals surface area contributed by atoms with E-state index in [1.54, 1.807) is 48.5 Å². The molecule has 4 aromatic rings. The summed E-state index contributed by atoms with van der Waals surface area (Å²) in [7, 11) is 0. The van der Waals surface area contributed by atoms with Crippen LogP contribution >= 0.6 is 0 Å². The highest BCUT2D eigenvalue weighted by molar-refractivity contribution is 6.12. The molecule has 0 radical (unpaired) electrons. The lowest BCUT2D eigenvalue weighted by atomic mass is 10.1. The average molecular weight is 545 g/mol. The topological polar surface area (TPSA) is 142 Å². The van der Waals surface area contributed by atoms with Crippen molar-refractivity contribution in [3.63, 3.8) is 0 Å². The molecule has 0 aromatic heterocycles. The number of terminal acetylenes is 2. The van der Waals surface area contributed by atoms with Gasteiger partial charge in [-0.15, -0.1) is 12.8 Å². The van der Waals surface area contributed by atoms with Gasteiger partial charge in [0.05, 0.1) is 22.3 Å². The van der Waals surface area contributed by atoms with Crippen LogP contribution in [0.5, 0.6) is 11.5 Å². The third-order valence-electron chi connectivity index (χ3n) is 5.74. The number of anilines is 2. The molecule has 0 saturated carbocycles. The van der Waals surface area contributed by atoms with Gasteiger partial charge < -0.3 is 25.6 Å². The zero-order chi connectivity index (χ0) is 29.5. The molecule has 2 amide bonds. The number of benzene rings is 4. The van der Waals surface area contributed by atoms with Crippen LogP contribution in [0.3, 0.4) is 0 Å². The molecular weight excluding hydrogens is 524 g/mol. The second-order valence-corrected chi connectivity index (χ2v) is 8.49. The molecule has 0 aliphatic carbocycles. The van der Waals surface area contributed by atoms with E-state index in [2.05, 4.69) is 22.5 Å². The molecule has 0 bridgehead atoms. The highest BCUT2D eigenvalue weighted by Crippen LogP contribution is 2.28. The van der Waals surface area contributed by atoms with Crippen molar-refractivity contribution in [2.45, 2.75) is 0 Å². The van der Waals surface area contributed by atoms with Crippen LogP contribution in [0.1, 0.15) is 52.6 Å². The van der Waals surface area contributed by atoms with E-state index in [-0.39, 0.29) is 33.8 Å². The third-order valence-corrected chi connectivity index (χ3v) is 5.74. The Morgan fingerprint density at radius 2 is 1.00 bits per heavy atom. The summed E-state index contributed by atoms with van der Waals surface area (Å²) in [6.07, 6.45) is 10.8. The molecule has 4 aromatic carbocycles. The van der Waals surface area contributed by atoms with E-state index in [0.29, 0.717) is 22.5 Å². The van der Waals surface area contributed by atoms with Crippen LogP contribution < -0.4 is 15.4 Å². The molecule has 0 atom stereocenters. The fourth-order valence-corrected chi connectivity index (χ4v) is 3.83. The summed E-state index contributed by atoms with van der Waals surface area (Å²) in [6.45, 7) is 0. The Morgan fingerprint density at radius 1 is 0.585 bits per heavy atom. The SMILES string of the molecule is C#Cc1cccc(NC(=O)c2cc(Oc3ccc(C(=O)O)c(C(=O)Nc4cccc(C#C)c4)c3)ccc2C(=O)O)c1. The Morgan fingerprint density at radius 3 is 1.37 bits per heavy atom. The first-order valence-electron chi connectivity index (χ1n) is 11.9. The minimum absolute atomic E-state index is 0.0636. The molecule has 0 unspecified atom stereocenters. The van der Waals surface area contributed by atoms with Gasteiger partial charge in [0.1, 0.15) is 11.5 Å². The molecule has 0 spiro atoms. The maximum atomic E-state index is 13.0. The second kappa shape index (κ2) is 12.0. The molecule has 0 fully saturated rings. The van der Waals surface area contributed by atoms with Crippen LogP contribution in [0.15, 0.2) is 84.9 Å². The van der Waals surface area contributed by atoms with Crippen molar-refractivity contribution in [3.05, 3.63) is 118 Å². The number of hydrogen-bond acceptors (Lipinski definition) is 5. The summed E-state index contributed by atoms with van der Waals surface area (Å²) >= 11 is 0. The van der Waals surface area contributed by atoms with Gasteiger partial charge in [0, 0.05) is 22.5 Å². The summed E-state index contributed by atoms with van der Waals surface area (Å²) in [5, 5.41) is 24.5. The predicted molar refractivity (Wildman–Crippen MR) is 152 cm³/mol. The normalized spacial score (nSPS) is 10.0. The molecule has 4 rings (SSSR count). The maximum Gasteiger partial charge on any atom is 0.336 e. The zero-order valence-corrected chi connectivity index (χ0v) is 21.2. The monoisotopic (exact) mass is 544 g/mol. The minimum atomic E-state index is -1.34. The summed E-state index contributed by atoms with van der Waals surface area (Å²) in [4.78, 5) is 49.6. The molecule has 0 heterocycles. The number of carboxylic acids is 2. The van der Waals surface area contributed by atoms with Crippen molar-refractivity contribution < 1.29 is 34.1 Å². The number of carboxylic acid groups (broad SMARTS) is 2. The Balaban J connectivity index is 1.64. The Kier molecular flexibility index (Phi) is 8.13. The summed E-state index contributed by atoms with van der Waals surface area (Å²) in [6, 6.07) is 20.4. The summed E-state index contributed by atoms with van der Waals surface area (Å²) in [5.41, 5.74) is 0.807. The first kappa shape index (κ1) is 27.7. The van der Waals surface area contributed by atoms with Crippen molar-refractivity contribution in [2.24, 2.45) is 0 Å². The summed E-state index contributed by atoms with van der Waals surface area (Å²) in [5.74, 6) is 0.907. The molecule has 200 valence electrons. The van der Waals surface area contributed by atoms with Gasteiger partial charge in [-0.1, -0.05) is 24.0 Å². The molecule has 4 N–H and O–H groups in total. The maximum absolute atomic E-state index is 13.0. The van der Waals surface area contributed by atoms with Crippen molar-refractivity contribution in [2.75, 3.05) is 10.6 Å². The lowest BCUT2D eigenvalue weighted by molar-refractivity contribution is 0.0683. The van der Waals surface area contributed by atoms with Crippen molar-refractivity contribution in [3.8, 4) is 36.2 Å². The van der Waals surface area contributed by atoms with Crippen LogP contribution in [0.4, 0.5) is 11.4 Å². The van der Waals surface area contributed by atoms with E-state index >= 15 is 0 Å². The van der Waals surface area contributed by atoms with Gasteiger partial charge in [0.15, 0.2) is 0 Å². The standard InChI is InChI=1S/C32H20N2O7/c1-3-19-7-5-9-21(15-19)33-29(35)27-17-23(11-13-25(27)31(37)38)41-24-12-14-26(32(39)40)28(18-24)30(36)34-22-10-6-8-20(4-2)16-22/h1-2,5-18H,(H,33,35)(H,34,36)(H,37,38)(H,39,40). The number of ether oxygens (including phenoxy) is 1. The van der Waals surface area contributed by atoms with Gasteiger partial charge in [-0.3, -0.25) is 9.59 Å². The lowest BCUT2D eigenvalue weighted by Gasteiger charge is -2.13. The molecule has 9 heteroatoms. The molecule has 0 aliphatic heterocycles. The van der Waals surface area contributed by atoms with Gasteiger partial charge in [-0.2, -0.15) is 0 Å². The fraction of sp³-hybridized carbons (Fsp3) is 0. The summed E-state index contributed by atoms with van der Waals surface area (Å²) < 4.78 is 5.80. The van der Waals surface area contributed by atoms with Crippen LogP contribution in [-0.4, -0.2) is 34.0 Å². The fourth-order valence-electron chi connectivity index (χ4n) is 3.83. The van der Waals surface area contributed by atoms with Crippen LogP contribution in [0.25, 0.3) is 0 Å². The number of hydrogen-bond donors (Lipinski definition) is 4. The zero-order valence-electron chi connectivity index (χ0n) is 21.2. The van der Waals surface area contributed by atoms with Gasteiger partial charge >= 0.3 is 11.9 Å². The van der Waals surface area contributed by atoms with E-state index in [0.717, 1.165) is 0 Å². The largest absolute Gasteiger partial charge is 0.478 e. The average Bonchev–Trinajstić information content (AvgIpc) is 2.97. The molecule has 41 heavy (non-hydrogen) atoms. The smallest absolute Gasteiger partial charge is 0.336 e. The van der Waals surface area contributed by atoms with Crippen LogP contribution in [-0.2, 0) is 0 Å². The van der Waals surface area contributed by atoms with E-state index in [4.69, 9.17) is 17.6 Å². The highest BCUT2D eigenvalue weighted by Gasteiger charge is 2.21. The number of nitrogens with one attached hydrogen (secondary N) is 2. The highest BCUT2D eigenvalue weighted by atomic mass is 16.5. The lowest BCUT2D eigenvalue weighted by Crippen LogP contribution is -2.17. The number of amides is 2. The van der Waals surface area contributed by atoms with Gasteiger partial charge in [-0.25, -0.2) is 9.59 Å². The molecule has 9 nitrogen and oxygen atoms in total. The van der Waals surface area contributed by atoms with E-state index < -0.39 is 23.8 Å². The first-order chi connectivity index (χ1) is 19.7. The van der Waals surface area contributed by atoms with Gasteiger partial charge in [0.25, 0.3) is 11.8 Å². The quantitative estimate of drug-likeness (QED) is 0.219. The van der Waals surface area contributed by atoms with E-state index in [1.807, 2.05) is 0 Å². The minimum Gasteiger partial charge on any atom is -0.478 e.